The fourth-order valence-corrected chi connectivity index (χ4v) is 3.07. The molecule has 2 rings (SSSR count). The van der Waals surface area contributed by atoms with Crippen molar-refractivity contribution in [3.63, 3.8) is 0 Å². The van der Waals surface area contributed by atoms with Gasteiger partial charge >= 0.3 is 0 Å². The van der Waals surface area contributed by atoms with Crippen molar-refractivity contribution in [3.05, 3.63) is 59.7 Å². The Hall–Kier alpha value is -1.89. The standard InChI is InChI=1S/C16H20N2O3S/c1-18(2)22(20,21)14-9-8-13(15(17)11-14)10-16(19)12-6-4-3-5-7-12/h3-9,11,16,19H,10,17H2,1-2H3. The number of aliphatic hydroxyl groups excluding tert-OH is 1. The Morgan fingerprint density at radius 2 is 1.77 bits per heavy atom. The van der Waals surface area contributed by atoms with E-state index in [0.29, 0.717) is 17.7 Å². The molecule has 0 aliphatic heterocycles. The van der Waals surface area contributed by atoms with Crippen molar-refractivity contribution >= 4 is 15.7 Å². The van der Waals surface area contributed by atoms with Gasteiger partial charge in [-0.2, -0.15) is 0 Å². The smallest absolute Gasteiger partial charge is 0.242 e. The van der Waals surface area contributed by atoms with E-state index in [1.807, 2.05) is 30.3 Å². The van der Waals surface area contributed by atoms with Gasteiger partial charge in [-0.3, -0.25) is 0 Å². The lowest BCUT2D eigenvalue weighted by atomic mass is 10.0. The molecule has 0 saturated heterocycles. The number of nitrogens with two attached hydrogens (primary N) is 1. The van der Waals surface area contributed by atoms with Crippen molar-refractivity contribution in [2.45, 2.75) is 17.4 Å². The number of rotatable bonds is 5. The number of nitrogens with zero attached hydrogens (tertiary/aromatic N) is 1. The average Bonchev–Trinajstić information content (AvgIpc) is 2.49. The molecule has 0 aliphatic carbocycles. The van der Waals surface area contributed by atoms with Crippen molar-refractivity contribution in [2.75, 3.05) is 19.8 Å². The van der Waals surface area contributed by atoms with Crippen LogP contribution in [0.25, 0.3) is 0 Å². The third kappa shape index (κ3) is 3.47. The Kier molecular flexibility index (Phi) is 4.85. The summed E-state index contributed by atoms with van der Waals surface area (Å²) in [7, 11) is -0.564. The fraction of sp³-hybridized carbons (Fsp3) is 0.250. The largest absolute Gasteiger partial charge is 0.398 e. The Morgan fingerprint density at radius 3 is 2.32 bits per heavy atom. The van der Waals surface area contributed by atoms with Gasteiger partial charge in [-0.05, 0) is 23.3 Å². The van der Waals surface area contributed by atoms with Gasteiger partial charge in [0.25, 0.3) is 0 Å². The molecule has 0 radical (unpaired) electrons. The molecule has 0 amide bonds. The van der Waals surface area contributed by atoms with Crippen molar-refractivity contribution in [2.24, 2.45) is 0 Å². The molecule has 2 aromatic carbocycles. The van der Waals surface area contributed by atoms with Crippen molar-refractivity contribution in [1.82, 2.24) is 4.31 Å². The van der Waals surface area contributed by atoms with Gasteiger partial charge in [0.15, 0.2) is 0 Å². The highest BCUT2D eigenvalue weighted by Crippen LogP contribution is 2.25. The summed E-state index contributed by atoms with van der Waals surface area (Å²) in [6, 6.07) is 13.9. The quantitative estimate of drug-likeness (QED) is 0.823. The third-order valence-corrected chi connectivity index (χ3v) is 5.30. The molecule has 0 spiro atoms. The lowest BCUT2D eigenvalue weighted by molar-refractivity contribution is 0.178. The minimum absolute atomic E-state index is 0.146. The van der Waals surface area contributed by atoms with E-state index >= 15 is 0 Å². The summed E-state index contributed by atoms with van der Waals surface area (Å²) < 4.78 is 25.3. The van der Waals surface area contributed by atoms with E-state index in [1.165, 1.54) is 26.2 Å². The zero-order valence-corrected chi connectivity index (χ0v) is 13.4. The summed E-state index contributed by atoms with van der Waals surface area (Å²) in [4.78, 5) is 0.146. The van der Waals surface area contributed by atoms with Crippen LogP contribution >= 0.6 is 0 Å². The van der Waals surface area contributed by atoms with E-state index in [1.54, 1.807) is 6.07 Å². The molecule has 1 unspecified atom stereocenters. The number of nitrogen functional groups attached to an aromatic ring is 1. The molecule has 0 bridgehead atoms. The molecule has 0 aliphatic rings. The van der Waals surface area contributed by atoms with Crippen LogP contribution in [0, 0.1) is 0 Å². The van der Waals surface area contributed by atoms with Crippen LogP contribution in [0.4, 0.5) is 5.69 Å². The average molecular weight is 320 g/mol. The molecule has 0 aromatic heterocycles. The van der Waals surface area contributed by atoms with Crippen LogP contribution in [-0.4, -0.2) is 31.9 Å². The Labute approximate surface area is 131 Å². The first kappa shape index (κ1) is 16.5. The van der Waals surface area contributed by atoms with Crippen LogP contribution in [0.5, 0.6) is 0 Å². The highest BCUT2D eigenvalue weighted by molar-refractivity contribution is 7.89. The van der Waals surface area contributed by atoms with Crippen LogP contribution in [0.2, 0.25) is 0 Å². The van der Waals surface area contributed by atoms with E-state index < -0.39 is 16.1 Å². The number of sulfonamides is 1. The summed E-state index contributed by atoms with van der Waals surface area (Å²) >= 11 is 0. The second-order valence-corrected chi connectivity index (χ2v) is 7.43. The number of benzene rings is 2. The minimum atomic E-state index is -3.51. The molecule has 1 atom stereocenters. The predicted octanol–water partition coefficient (Wildman–Crippen LogP) is 1.80. The second kappa shape index (κ2) is 6.48. The van der Waals surface area contributed by atoms with E-state index in [2.05, 4.69) is 0 Å². The number of hydrogen-bond donors (Lipinski definition) is 2. The van der Waals surface area contributed by atoms with E-state index in [0.717, 1.165) is 9.87 Å². The molecule has 5 nitrogen and oxygen atoms in total. The van der Waals surface area contributed by atoms with Gasteiger partial charge in [-0.25, -0.2) is 12.7 Å². The molecule has 0 heterocycles. The Bertz CT molecular complexity index is 743. The first-order valence-corrected chi connectivity index (χ1v) is 8.30. The maximum absolute atomic E-state index is 12.1. The van der Waals surface area contributed by atoms with E-state index in [4.69, 9.17) is 5.73 Å². The second-order valence-electron chi connectivity index (χ2n) is 5.28. The first-order valence-electron chi connectivity index (χ1n) is 6.86. The Balaban J connectivity index is 2.24. The summed E-state index contributed by atoms with van der Waals surface area (Å²) in [5.74, 6) is 0. The monoisotopic (exact) mass is 320 g/mol. The lowest BCUT2D eigenvalue weighted by Gasteiger charge is -2.15. The summed E-state index contributed by atoms with van der Waals surface area (Å²) in [5.41, 5.74) is 7.82. The number of aliphatic hydroxyl groups is 1. The summed E-state index contributed by atoms with van der Waals surface area (Å²) in [6.07, 6.45) is -0.349. The predicted molar refractivity (Wildman–Crippen MR) is 86.8 cm³/mol. The van der Waals surface area contributed by atoms with Crippen LogP contribution < -0.4 is 5.73 Å². The summed E-state index contributed by atoms with van der Waals surface area (Å²) in [5, 5.41) is 10.2. The van der Waals surface area contributed by atoms with Crippen LogP contribution in [-0.2, 0) is 16.4 Å². The number of hydrogen-bond acceptors (Lipinski definition) is 4. The molecular weight excluding hydrogens is 300 g/mol. The SMILES string of the molecule is CN(C)S(=O)(=O)c1ccc(CC(O)c2ccccc2)c(N)c1. The highest BCUT2D eigenvalue weighted by atomic mass is 32.2. The van der Waals surface area contributed by atoms with Crippen LogP contribution in [0.3, 0.4) is 0 Å². The topological polar surface area (TPSA) is 83.6 Å². The zero-order valence-electron chi connectivity index (χ0n) is 12.6. The van der Waals surface area contributed by atoms with Gasteiger partial charge in [-0.15, -0.1) is 0 Å². The van der Waals surface area contributed by atoms with E-state index in [9.17, 15) is 13.5 Å². The normalized spacial score (nSPS) is 13.3. The van der Waals surface area contributed by atoms with Gasteiger partial charge in [0.2, 0.25) is 10.0 Å². The molecule has 22 heavy (non-hydrogen) atoms. The number of anilines is 1. The molecule has 6 heteroatoms. The highest BCUT2D eigenvalue weighted by Gasteiger charge is 2.19. The van der Waals surface area contributed by atoms with Gasteiger partial charge in [0.1, 0.15) is 0 Å². The summed E-state index contributed by atoms with van der Waals surface area (Å²) in [6.45, 7) is 0. The first-order chi connectivity index (χ1) is 10.3. The van der Waals surface area contributed by atoms with E-state index in [-0.39, 0.29) is 4.90 Å². The molecule has 3 N–H and O–H groups in total. The minimum Gasteiger partial charge on any atom is -0.398 e. The molecule has 0 fully saturated rings. The van der Waals surface area contributed by atoms with Gasteiger partial charge in [-0.1, -0.05) is 36.4 Å². The maximum Gasteiger partial charge on any atom is 0.242 e. The Morgan fingerprint density at radius 1 is 1.14 bits per heavy atom. The molecule has 118 valence electrons. The zero-order chi connectivity index (χ0) is 16.3. The van der Waals surface area contributed by atoms with Crippen molar-refractivity contribution < 1.29 is 13.5 Å². The molecule has 2 aromatic rings. The maximum atomic E-state index is 12.1. The third-order valence-electron chi connectivity index (χ3n) is 3.49. The van der Waals surface area contributed by atoms with Crippen molar-refractivity contribution in [3.8, 4) is 0 Å². The van der Waals surface area contributed by atoms with Crippen LogP contribution in [0.15, 0.2) is 53.4 Å². The van der Waals surface area contributed by atoms with Gasteiger partial charge in [0.05, 0.1) is 11.0 Å². The fourth-order valence-electron chi connectivity index (χ4n) is 2.13. The molecular formula is C16H20N2O3S. The lowest BCUT2D eigenvalue weighted by Crippen LogP contribution is -2.22. The van der Waals surface area contributed by atoms with Crippen LogP contribution in [0.1, 0.15) is 17.2 Å². The molecule has 0 saturated carbocycles. The van der Waals surface area contributed by atoms with Gasteiger partial charge in [0, 0.05) is 26.2 Å². The van der Waals surface area contributed by atoms with Crippen molar-refractivity contribution in [1.29, 1.82) is 0 Å². The van der Waals surface area contributed by atoms with Gasteiger partial charge < -0.3 is 10.8 Å².